The number of nitrogens with zero attached hydrogens (tertiary/aromatic N) is 3. The van der Waals surface area contributed by atoms with E-state index in [2.05, 4.69) is 17.1 Å². The number of piperidine rings is 1. The van der Waals surface area contributed by atoms with Crippen molar-refractivity contribution in [3.8, 4) is 0 Å². The van der Waals surface area contributed by atoms with Gasteiger partial charge in [-0.15, -0.1) is 12.4 Å². The van der Waals surface area contributed by atoms with Crippen LogP contribution in [0.3, 0.4) is 0 Å². The van der Waals surface area contributed by atoms with Crippen molar-refractivity contribution in [3.05, 3.63) is 0 Å². The molecule has 3 aliphatic heterocycles. The number of carbonyl (C=O) groups excluding carboxylic acids is 2. The van der Waals surface area contributed by atoms with Gasteiger partial charge in [0.05, 0.1) is 12.6 Å². The zero-order chi connectivity index (χ0) is 16.2. The predicted octanol–water partition coefficient (Wildman–Crippen LogP) is 0.705. The summed E-state index contributed by atoms with van der Waals surface area (Å²) in [7, 11) is 0. The van der Waals surface area contributed by atoms with E-state index in [1.165, 1.54) is 6.42 Å². The highest BCUT2D eigenvalue weighted by Crippen LogP contribution is 2.17. The second kappa shape index (κ2) is 9.02. The van der Waals surface area contributed by atoms with Gasteiger partial charge in [-0.25, -0.2) is 0 Å². The Morgan fingerprint density at radius 2 is 1.75 bits per heavy atom. The van der Waals surface area contributed by atoms with Gasteiger partial charge in [0.1, 0.15) is 0 Å². The van der Waals surface area contributed by atoms with Gasteiger partial charge in [-0.3, -0.25) is 14.5 Å². The van der Waals surface area contributed by atoms with Crippen molar-refractivity contribution in [2.75, 3.05) is 45.8 Å². The molecule has 0 radical (unpaired) electrons. The smallest absolute Gasteiger partial charge is 0.239 e. The third kappa shape index (κ3) is 4.61. The molecule has 3 saturated heterocycles. The summed E-state index contributed by atoms with van der Waals surface area (Å²) >= 11 is 0. The second-order valence-electron chi connectivity index (χ2n) is 7.18. The van der Waals surface area contributed by atoms with Crippen LogP contribution in [-0.4, -0.2) is 84.4 Å². The summed E-state index contributed by atoms with van der Waals surface area (Å²) in [6, 6.07) is 0.407. The third-order valence-electron chi connectivity index (χ3n) is 5.52. The molecule has 1 N–H and O–H groups in total. The fourth-order valence-electron chi connectivity index (χ4n) is 3.99. The molecule has 0 aromatic carbocycles. The van der Waals surface area contributed by atoms with E-state index in [9.17, 15) is 9.59 Å². The lowest BCUT2D eigenvalue weighted by atomic mass is 10.0. The fourth-order valence-corrected chi connectivity index (χ4v) is 3.99. The van der Waals surface area contributed by atoms with Gasteiger partial charge in [-0.05, 0) is 45.6 Å². The zero-order valence-corrected chi connectivity index (χ0v) is 15.5. The Kier molecular flexibility index (Phi) is 7.32. The molecule has 3 fully saturated rings. The fraction of sp³-hybridized carbons (Fsp3) is 0.882. The molecule has 0 spiro atoms. The number of rotatable bonds is 3. The van der Waals surface area contributed by atoms with Crippen molar-refractivity contribution in [3.63, 3.8) is 0 Å². The molecule has 3 aliphatic rings. The Morgan fingerprint density at radius 3 is 2.38 bits per heavy atom. The number of hydrogen-bond acceptors (Lipinski definition) is 4. The molecule has 0 aliphatic carbocycles. The van der Waals surface area contributed by atoms with Gasteiger partial charge in [-0.2, -0.15) is 0 Å². The number of amides is 2. The van der Waals surface area contributed by atoms with Crippen LogP contribution in [0.15, 0.2) is 0 Å². The van der Waals surface area contributed by atoms with E-state index in [1.807, 2.05) is 9.80 Å². The number of halogens is 1. The Hall–Kier alpha value is -0.850. The van der Waals surface area contributed by atoms with Gasteiger partial charge in [-0.1, -0.05) is 0 Å². The Balaban J connectivity index is 0.00000208. The van der Waals surface area contributed by atoms with Crippen LogP contribution in [0.4, 0.5) is 0 Å². The van der Waals surface area contributed by atoms with Crippen LogP contribution in [0.1, 0.15) is 39.0 Å². The summed E-state index contributed by atoms with van der Waals surface area (Å²) < 4.78 is 0. The largest absolute Gasteiger partial charge is 0.339 e. The summed E-state index contributed by atoms with van der Waals surface area (Å²) in [5.74, 6) is 0.507. The lowest BCUT2D eigenvalue weighted by molar-refractivity contribution is -0.137. The maximum Gasteiger partial charge on any atom is 0.239 e. The van der Waals surface area contributed by atoms with Crippen molar-refractivity contribution >= 4 is 24.2 Å². The molecule has 3 heterocycles. The van der Waals surface area contributed by atoms with Gasteiger partial charge < -0.3 is 15.1 Å². The highest BCUT2D eigenvalue weighted by Gasteiger charge is 2.30. The molecule has 7 heteroatoms. The minimum atomic E-state index is 0. The quantitative estimate of drug-likeness (QED) is 0.807. The van der Waals surface area contributed by atoms with Crippen LogP contribution >= 0.6 is 12.4 Å². The number of hydrogen-bond donors (Lipinski definition) is 1. The number of piperazine rings is 1. The van der Waals surface area contributed by atoms with E-state index >= 15 is 0 Å². The summed E-state index contributed by atoms with van der Waals surface area (Å²) in [6.07, 6.45) is 5.55. The molecule has 2 amide bonds. The van der Waals surface area contributed by atoms with Gasteiger partial charge in [0.2, 0.25) is 11.8 Å². The molecule has 138 valence electrons. The average molecular weight is 359 g/mol. The summed E-state index contributed by atoms with van der Waals surface area (Å²) in [5.41, 5.74) is 0. The summed E-state index contributed by atoms with van der Waals surface area (Å²) in [5, 5.41) is 3.28. The lowest BCUT2D eigenvalue weighted by Crippen LogP contribution is -2.55. The molecule has 0 aromatic rings. The van der Waals surface area contributed by atoms with Crippen LogP contribution in [0, 0.1) is 0 Å². The molecular weight excluding hydrogens is 328 g/mol. The highest BCUT2D eigenvalue weighted by atomic mass is 35.5. The van der Waals surface area contributed by atoms with Crippen LogP contribution in [0.25, 0.3) is 0 Å². The topological polar surface area (TPSA) is 55.9 Å². The minimum Gasteiger partial charge on any atom is -0.339 e. The van der Waals surface area contributed by atoms with E-state index in [4.69, 9.17) is 0 Å². The van der Waals surface area contributed by atoms with E-state index in [1.54, 1.807) is 0 Å². The van der Waals surface area contributed by atoms with Crippen molar-refractivity contribution in [1.29, 1.82) is 0 Å². The molecule has 3 rings (SSSR count). The molecule has 2 atom stereocenters. The maximum atomic E-state index is 12.5. The van der Waals surface area contributed by atoms with E-state index in [-0.39, 0.29) is 30.3 Å². The van der Waals surface area contributed by atoms with Gasteiger partial charge in [0.15, 0.2) is 0 Å². The predicted molar refractivity (Wildman–Crippen MR) is 96.3 cm³/mol. The van der Waals surface area contributed by atoms with Gasteiger partial charge in [0.25, 0.3) is 0 Å². The molecule has 0 bridgehead atoms. The highest BCUT2D eigenvalue weighted by molar-refractivity contribution is 5.85. The van der Waals surface area contributed by atoms with E-state index in [0.29, 0.717) is 12.6 Å². The second-order valence-corrected chi connectivity index (χ2v) is 7.18. The monoisotopic (exact) mass is 358 g/mol. The van der Waals surface area contributed by atoms with Crippen molar-refractivity contribution < 1.29 is 9.59 Å². The SMILES string of the molecule is CC1CCCCN1C(=O)CN1CCN(C(=O)C2CCCN2)CC1.Cl. The molecule has 0 aromatic heterocycles. The minimum absolute atomic E-state index is 0. The van der Waals surface area contributed by atoms with Gasteiger partial charge >= 0.3 is 0 Å². The Labute approximate surface area is 151 Å². The molecular formula is C17H31ClN4O2. The first kappa shape index (κ1) is 19.5. The van der Waals surface area contributed by atoms with Crippen molar-refractivity contribution in [1.82, 2.24) is 20.0 Å². The van der Waals surface area contributed by atoms with Crippen LogP contribution in [0.2, 0.25) is 0 Å². The van der Waals surface area contributed by atoms with E-state index in [0.717, 1.165) is 65.0 Å². The normalized spacial score (nSPS) is 28.5. The molecule has 6 nitrogen and oxygen atoms in total. The first-order valence-electron chi connectivity index (χ1n) is 9.19. The third-order valence-corrected chi connectivity index (χ3v) is 5.52. The summed E-state index contributed by atoms with van der Waals surface area (Å²) in [6.45, 7) is 7.65. The molecule has 24 heavy (non-hydrogen) atoms. The molecule has 2 unspecified atom stereocenters. The van der Waals surface area contributed by atoms with Crippen LogP contribution in [0.5, 0.6) is 0 Å². The van der Waals surface area contributed by atoms with Crippen LogP contribution in [-0.2, 0) is 9.59 Å². The number of carbonyl (C=O) groups is 2. The standard InChI is InChI=1S/C17H30N4O2.ClH/c1-14-5-2-3-8-21(14)16(22)13-19-9-11-20(12-10-19)17(23)15-6-4-7-18-15;/h14-15,18H,2-13H2,1H3;1H. The molecule has 0 saturated carbocycles. The van der Waals surface area contributed by atoms with E-state index < -0.39 is 0 Å². The average Bonchev–Trinajstić information content (AvgIpc) is 3.09. The van der Waals surface area contributed by atoms with Gasteiger partial charge in [0, 0.05) is 38.8 Å². The van der Waals surface area contributed by atoms with Crippen molar-refractivity contribution in [2.45, 2.75) is 51.1 Å². The first-order chi connectivity index (χ1) is 11.1. The van der Waals surface area contributed by atoms with Crippen LogP contribution < -0.4 is 5.32 Å². The Bertz CT molecular complexity index is 434. The van der Waals surface area contributed by atoms with Crippen molar-refractivity contribution in [2.24, 2.45) is 0 Å². The number of likely N-dealkylation sites (tertiary alicyclic amines) is 1. The number of nitrogens with one attached hydrogen (secondary N) is 1. The summed E-state index contributed by atoms with van der Waals surface area (Å²) in [4.78, 5) is 31.1. The zero-order valence-electron chi connectivity index (χ0n) is 14.7. The Morgan fingerprint density at radius 1 is 1.00 bits per heavy atom. The maximum absolute atomic E-state index is 12.5. The lowest BCUT2D eigenvalue weighted by Gasteiger charge is -2.38. The first-order valence-corrected chi connectivity index (χ1v) is 9.19.